The predicted molar refractivity (Wildman–Crippen MR) is 77.0 cm³/mol. The van der Waals surface area contributed by atoms with E-state index in [1.54, 1.807) is 13.1 Å². The molecule has 1 amide bonds. The third-order valence-corrected chi connectivity index (χ3v) is 3.45. The minimum atomic E-state index is -0.943. The normalized spacial score (nSPS) is 16.7. The van der Waals surface area contributed by atoms with Gasteiger partial charge in [0.15, 0.2) is 0 Å². The van der Waals surface area contributed by atoms with Crippen molar-refractivity contribution in [1.29, 1.82) is 0 Å². The second-order valence-electron chi connectivity index (χ2n) is 4.81. The van der Waals surface area contributed by atoms with Crippen molar-refractivity contribution in [1.82, 2.24) is 15.3 Å². The SMILES string of the molecule is Cc1nccnc1C(=O)NCC1OB(O)c2ccccc21. The summed E-state index contributed by atoms with van der Waals surface area (Å²) in [5.74, 6) is -0.303. The van der Waals surface area contributed by atoms with E-state index in [1.165, 1.54) is 6.20 Å². The first kappa shape index (κ1) is 13.7. The summed E-state index contributed by atoms with van der Waals surface area (Å²) in [5, 5.41) is 12.6. The van der Waals surface area contributed by atoms with Crippen LogP contribution in [0.15, 0.2) is 36.7 Å². The van der Waals surface area contributed by atoms with Crippen molar-refractivity contribution >= 4 is 18.5 Å². The van der Waals surface area contributed by atoms with Gasteiger partial charge in [-0.15, -0.1) is 0 Å². The van der Waals surface area contributed by atoms with Crippen LogP contribution in [0.1, 0.15) is 27.8 Å². The third-order valence-electron chi connectivity index (χ3n) is 3.45. The van der Waals surface area contributed by atoms with E-state index in [-0.39, 0.29) is 18.6 Å². The average molecular weight is 283 g/mol. The van der Waals surface area contributed by atoms with Crippen molar-refractivity contribution in [2.24, 2.45) is 0 Å². The number of hydrogen-bond acceptors (Lipinski definition) is 5. The minimum absolute atomic E-state index is 0.267. The van der Waals surface area contributed by atoms with Crippen LogP contribution < -0.4 is 10.8 Å². The Bertz CT molecular complexity index is 680. The average Bonchev–Trinajstić information content (AvgIpc) is 2.82. The number of nitrogens with one attached hydrogen (secondary N) is 1. The maximum Gasteiger partial charge on any atom is 0.492 e. The molecular formula is C14H14BN3O3. The Morgan fingerprint density at radius 1 is 1.38 bits per heavy atom. The van der Waals surface area contributed by atoms with Crippen LogP contribution in [0.2, 0.25) is 0 Å². The van der Waals surface area contributed by atoms with Gasteiger partial charge in [-0.25, -0.2) is 4.98 Å². The summed E-state index contributed by atoms with van der Waals surface area (Å²) in [5.41, 5.74) is 2.50. The fraction of sp³-hybridized carbons (Fsp3) is 0.214. The second kappa shape index (κ2) is 5.63. The van der Waals surface area contributed by atoms with Crippen molar-refractivity contribution in [2.75, 3.05) is 6.54 Å². The highest BCUT2D eigenvalue weighted by atomic mass is 16.5. The summed E-state index contributed by atoms with van der Waals surface area (Å²) in [7, 11) is -0.943. The zero-order valence-electron chi connectivity index (χ0n) is 11.5. The molecule has 106 valence electrons. The molecule has 1 aromatic heterocycles. The van der Waals surface area contributed by atoms with Gasteiger partial charge in [0.1, 0.15) is 5.69 Å². The summed E-state index contributed by atoms with van der Waals surface area (Å²) in [6.45, 7) is 2.00. The predicted octanol–water partition coefficient (Wildman–Crippen LogP) is -0.0262. The number of hydrogen-bond donors (Lipinski definition) is 2. The summed E-state index contributed by atoms with van der Waals surface area (Å²) in [6.07, 6.45) is 2.66. The first-order chi connectivity index (χ1) is 10.2. The van der Waals surface area contributed by atoms with Gasteiger partial charge >= 0.3 is 7.12 Å². The molecule has 1 aliphatic rings. The maximum atomic E-state index is 12.1. The number of carbonyl (C=O) groups excluding carboxylic acids is 1. The maximum absolute atomic E-state index is 12.1. The molecule has 0 bridgehead atoms. The zero-order chi connectivity index (χ0) is 14.8. The molecule has 1 aliphatic heterocycles. The lowest BCUT2D eigenvalue weighted by Crippen LogP contribution is -2.30. The van der Waals surface area contributed by atoms with E-state index >= 15 is 0 Å². The van der Waals surface area contributed by atoms with Gasteiger partial charge in [-0.3, -0.25) is 9.78 Å². The summed E-state index contributed by atoms with van der Waals surface area (Å²) in [4.78, 5) is 20.1. The summed E-state index contributed by atoms with van der Waals surface area (Å²) in [6, 6.07) is 7.42. The fourth-order valence-electron chi connectivity index (χ4n) is 2.39. The Hall–Kier alpha value is -2.25. The molecule has 1 aromatic carbocycles. The highest BCUT2D eigenvalue weighted by Gasteiger charge is 2.34. The second-order valence-corrected chi connectivity index (χ2v) is 4.81. The molecular weight excluding hydrogens is 269 g/mol. The lowest BCUT2D eigenvalue weighted by molar-refractivity contribution is 0.0918. The Labute approximate surface area is 122 Å². The molecule has 6 nitrogen and oxygen atoms in total. The lowest BCUT2D eigenvalue weighted by atomic mass is 9.79. The van der Waals surface area contributed by atoms with Crippen molar-refractivity contribution in [3.8, 4) is 0 Å². The Morgan fingerprint density at radius 3 is 2.95 bits per heavy atom. The van der Waals surface area contributed by atoms with E-state index in [0.29, 0.717) is 11.4 Å². The van der Waals surface area contributed by atoms with Crippen molar-refractivity contribution < 1.29 is 14.5 Å². The van der Waals surface area contributed by atoms with Crippen LogP contribution in [0.5, 0.6) is 0 Å². The number of rotatable bonds is 3. The van der Waals surface area contributed by atoms with Gasteiger partial charge in [0.25, 0.3) is 5.91 Å². The molecule has 0 fully saturated rings. The van der Waals surface area contributed by atoms with E-state index in [0.717, 1.165) is 11.0 Å². The monoisotopic (exact) mass is 283 g/mol. The fourth-order valence-corrected chi connectivity index (χ4v) is 2.39. The van der Waals surface area contributed by atoms with E-state index < -0.39 is 7.12 Å². The molecule has 2 aromatic rings. The van der Waals surface area contributed by atoms with E-state index in [1.807, 2.05) is 24.3 Å². The number of aryl methyl sites for hydroxylation is 1. The van der Waals surface area contributed by atoms with Crippen LogP contribution in [0.25, 0.3) is 0 Å². The van der Waals surface area contributed by atoms with Gasteiger partial charge in [-0.05, 0) is 17.9 Å². The highest BCUT2D eigenvalue weighted by molar-refractivity contribution is 6.61. The van der Waals surface area contributed by atoms with Crippen LogP contribution in [0.4, 0.5) is 0 Å². The van der Waals surface area contributed by atoms with E-state index in [9.17, 15) is 9.82 Å². The molecule has 1 atom stereocenters. The molecule has 2 N–H and O–H groups in total. The third kappa shape index (κ3) is 2.65. The molecule has 0 radical (unpaired) electrons. The number of fused-ring (bicyclic) bond motifs is 1. The lowest BCUT2D eigenvalue weighted by Gasteiger charge is -2.13. The van der Waals surface area contributed by atoms with E-state index in [4.69, 9.17) is 4.65 Å². The van der Waals surface area contributed by atoms with Crippen molar-refractivity contribution in [3.05, 3.63) is 53.6 Å². The molecule has 1 unspecified atom stereocenters. The Morgan fingerprint density at radius 2 is 2.14 bits per heavy atom. The number of benzene rings is 1. The van der Waals surface area contributed by atoms with Gasteiger partial charge in [-0.2, -0.15) is 0 Å². The smallest absolute Gasteiger partial charge is 0.423 e. The molecule has 21 heavy (non-hydrogen) atoms. The van der Waals surface area contributed by atoms with Gasteiger partial charge in [0.2, 0.25) is 0 Å². The van der Waals surface area contributed by atoms with Crippen molar-refractivity contribution in [3.63, 3.8) is 0 Å². The van der Waals surface area contributed by atoms with Crippen LogP contribution in [0.3, 0.4) is 0 Å². The molecule has 7 heteroatoms. The van der Waals surface area contributed by atoms with Crippen LogP contribution in [-0.4, -0.2) is 34.6 Å². The van der Waals surface area contributed by atoms with Gasteiger partial charge in [0.05, 0.1) is 11.8 Å². The van der Waals surface area contributed by atoms with Gasteiger partial charge in [-0.1, -0.05) is 24.3 Å². The highest BCUT2D eigenvalue weighted by Crippen LogP contribution is 2.22. The minimum Gasteiger partial charge on any atom is -0.423 e. The first-order valence-corrected chi connectivity index (χ1v) is 6.65. The van der Waals surface area contributed by atoms with Crippen molar-refractivity contribution in [2.45, 2.75) is 13.0 Å². The Kier molecular flexibility index (Phi) is 3.68. The quantitative estimate of drug-likeness (QED) is 0.773. The van der Waals surface area contributed by atoms with E-state index in [2.05, 4.69) is 15.3 Å². The molecule has 0 aliphatic carbocycles. The standard InChI is InChI=1S/C14H14BN3O3/c1-9-13(17-7-6-16-9)14(19)18-8-12-10-4-2-3-5-11(10)15(20)21-12/h2-7,12,20H,8H2,1H3,(H,18,19). The van der Waals surface area contributed by atoms with Gasteiger partial charge in [0, 0.05) is 18.9 Å². The Balaban J connectivity index is 1.70. The molecule has 0 spiro atoms. The number of amides is 1. The number of carbonyl (C=O) groups is 1. The molecule has 0 saturated carbocycles. The van der Waals surface area contributed by atoms with Crippen LogP contribution in [0, 0.1) is 6.92 Å². The summed E-state index contributed by atoms with van der Waals surface area (Å²) >= 11 is 0. The topological polar surface area (TPSA) is 84.3 Å². The van der Waals surface area contributed by atoms with Gasteiger partial charge < -0.3 is 15.0 Å². The first-order valence-electron chi connectivity index (χ1n) is 6.65. The van der Waals surface area contributed by atoms with Crippen LogP contribution >= 0.6 is 0 Å². The van der Waals surface area contributed by atoms with Crippen LogP contribution in [-0.2, 0) is 4.65 Å². The summed E-state index contributed by atoms with van der Waals surface area (Å²) < 4.78 is 5.45. The zero-order valence-corrected chi connectivity index (χ0v) is 11.5. The molecule has 3 rings (SSSR count). The number of aromatic nitrogens is 2. The number of nitrogens with zero attached hydrogens (tertiary/aromatic N) is 2. The molecule has 0 saturated heterocycles. The largest absolute Gasteiger partial charge is 0.492 e. The molecule has 2 heterocycles.